The van der Waals surface area contributed by atoms with E-state index in [0.29, 0.717) is 12.0 Å². The Hall–Kier alpha value is -0.920. The Bertz CT molecular complexity index is 105. The minimum Gasteiger partial charge on any atom is -0.298 e. The summed E-state index contributed by atoms with van der Waals surface area (Å²) >= 11 is 0. The minimum absolute atomic E-state index is 0.648. The average Bonchev–Trinajstić information content (AvgIpc) is 1.68. The molecular weight excluding hydrogens is 90.1 g/mol. The van der Waals surface area contributed by atoms with E-state index in [2.05, 4.69) is 11.7 Å². The maximum absolute atomic E-state index is 9.61. The van der Waals surface area contributed by atoms with Crippen LogP contribution in [0.2, 0.25) is 0 Å². The van der Waals surface area contributed by atoms with Crippen LogP contribution < -0.4 is 0 Å². The standard InChI is InChI=1S/C5H7NO/c1-5(6-2)3-4-7/h3-4H,2H2,1H3/b5-3-. The number of nitrogens with zero attached hydrogens (tertiary/aromatic N) is 1. The van der Waals surface area contributed by atoms with Crippen molar-refractivity contribution < 1.29 is 4.79 Å². The Labute approximate surface area is 42.6 Å². The molecule has 38 valence electrons. The second-order valence-corrected chi connectivity index (χ2v) is 1.10. The minimum atomic E-state index is 0.648. The van der Waals surface area contributed by atoms with Crippen molar-refractivity contribution in [3.8, 4) is 0 Å². The second kappa shape index (κ2) is 3.28. The van der Waals surface area contributed by atoms with Gasteiger partial charge in [0.25, 0.3) is 0 Å². The summed E-state index contributed by atoms with van der Waals surface area (Å²) in [7, 11) is 0. The van der Waals surface area contributed by atoms with Crippen molar-refractivity contribution >= 4 is 13.0 Å². The summed E-state index contributed by atoms with van der Waals surface area (Å²) < 4.78 is 0. The van der Waals surface area contributed by atoms with Gasteiger partial charge in [-0.2, -0.15) is 0 Å². The van der Waals surface area contributed by atoms with E-state index < -0.39 is 0 Å². The molecule has 0 heterocycles. The first kappa shape index (κ1) is 6.08. The number of carbonyl (C=O) groups excluding carboxylic acids is 1. The van der Waals surface area contributed by atoms with Crippen LogP contribution >= 0.6 is 0 Å². The predicted molar refractivity (Wildman–Crippen MR) is 29.4 cm³/mol. The Kier molecular flexibility index (Phi) is 2.85. The molecule has 0 spiro atoms. The molecule has 7 heavy (non-hydrogen) atoms. The molecule has 0 atom stereocenters. The van der Waals surface area contributed by atoms with Crippen molar-refractivity contribution in [3.05, 3.63) is 11.8 Å². The molecule has 0 rings (SSSR count). The first-order chi connectivity index (χ1) is 3.31. The molecule has 0 unspecified atom stereocenters. The summed E-state index contributed by atoms with van der Waals surface area (Å²) in [6.45, 7) is 4.91. The topological polar surface area (TPSA) is 29.4 Å². The van der Waals surface area contributed by atoms with Gasteiger partial charge in [-0.1, -0.05) is 0 Å². The van der Waals surface area contributed by atoms with Crippen LogP contribution in [0, 0.1) is 0 Å². The summed E-state index contributed by atoms with van der Waals surface area (Å²) in [5.41, 5.74) is 0.648. The lowest BCUT2D eigenvalue weighted by molar-refractivity contribution is -0.104. The van der Waals surface area contributed by atoms with E-state index >= 15 is 0 Å². The molecule has 0 fully saturated rings. The molecule has 2 heteroatoms. The van der Waals surface area contributed by atoms with Gasteiger partial charge in [-0.15, -0.1) is 0 Å². The van der Waals surface area contributed by atoms with Crippen molar-refractivity contribution in [1.82, 2.24) is 0 Å². The highest BCUT2D eigenvalue weighted by Gasteiger charge is 1.72. The van der Waals surface area contributed by atoms with Gasteiger partial charge in [0.2, 0.25) is 0 Å². The van der Waals surface area contributed by atoms with Crippen LogP contribution in [-0.2, 0) is 4.79 Å². The number of rotatable bonds is 2. The van der Waals surface area contributed by atoms with Crippen molar-refractivity contribution in [2.45, 2.75) is 6.92 Å². The smallest absolute Gasteiger partial charge is 0.144 e. The molecule has 0 saturated carbocycles. The predicted octanol–water partition coefficient (Wildman–Crippen LogP) is 0.790. The highest BCUT2D eigenvalue weighted by atomic mass is 16.1. The van der Waals surface area contributed by atoms with Gasteiger partial charge in [0.1, 0.15) is 6.29 Å². The van der Waals surface area contributed by atoms with Crippen LogP contribution in [0.15, 0.2) is 16.8 Å². The summed E-state index contributed by atoms with van der Waals surface area (Å²) in [6.07, 6.45) is 2.04. The summed E-state index contributed by atoms with van der Waals surface area (Å²) in [4.78, 5) is 13.1. The third kappa shape index (κ3) is 2.89. The van der Waals surface area contributed by atoms with Gasteiger partial charge >= 0.3 is 0 Å². The zero-order valence-corrected chi connectivity index (χ0v) is 4.22. The van der Waals surface area contributed by atoms with E-state index in [-0.39, 0.29) is 0 Å². The summed E-state index contributed by atoms with van der Waals surface area (Å²) in [6, 6.07) is 0. The van der Waals surface area contributed by atoms with Gasteiger partial charge in [0.05, 0.1) is 0 Å². The lowest BCUT2D eigenvalue weighted by Gasteiger charge is -1.78. The van der Waals surface area contributed by atoms with Crippen molar-refractivity contribution in [2.24, 2.45) is 4.99 Å². The van der Waals surface area contributed by atoms with E-state index in [1.54, 1.807) is 6.92 Å². The molecule has 0 aliphatic rings. The average molecular weight is 97.1 g/mol. The van der Waals surface area contributed by atoms with Crippen LogP contribution in [0.1, 0.15) is 6.92 Å². The van der Waals surface area contributed by atoms with E-state index in [1.807, 2.05) is 0 Å². The maximum atomic E-state index is 9.61. The van der Waals surface area contributed by atoms with Crippen LogP contribution in [-0.4, -0.2) is 13.0 Å². The SMILES string of the molecule is C=N/C(C)=C\C=O. The molecule has 0 bridgehead atoms. The Balaban J connectivity index is 3.72. The van der Waals surface area contributed by atoms with Gasteiger partial charge < -0.3 is 0 Å². The Morgan fingerprint density at radius 3 is 2.57 bits per heavy atom. The monoisotopic (exact) mass is 97.1 g/mol. The zero-order chi connectivity index (χ0) is 5.70. The van der Waals surface area contributed by atoms with E-state index in [4.69, 9.17) is 0 Å². The van der Waals surface area contributed by atoms with Gasteiger partial charge in [-0.25, -0.2) is 0 Å². The molecule has 0 saturated heterocycles. The van der Waals surface area contributed by atoms with Crippen LogP contribution in [0.3, 0.4) is 0 Å². The molecule has 0 aromatic heterocycles. The third-order valence-corrected chi connectivity index (χ3v) is 0.559. The van der Waals surface area contributed by atoms with Crippen LogP contribution in [0.25, 0.3) is 0 Å². The Morgan fingerprint density at radius 2 is 2.43 bits per heavy atom. The van der Waals surface area contributed by atoms with Gasteiger partial charge in [-0.05, 0) is 19.7 Å². The fourth-order valence-electron chi connectivity index (χ4n) is 0.151. The van der Waals surface area contributed by atoms with Crippen molar-refractivity contribution in [3.63, 3.8) is 0 Å². The molecular formula is C5H7NO. The first-order valence-corrected chi connectivity index (χ1v) is 1.90. The molecule has 0 radical (unpaired) electrons. The van der Waals surface area contributed by atoms with Crippen LogP contribution in [0.5, 0.6) is 0 Å². The largest absolute Gasteiger partial charge is 0.298 e. The number of hydrogen-bond acceptors (Lipinski definition) is 2. The van der Waals surface area contributed by atoms with E-state index in [1.165, 1.54) is 6.08 Å². The summed E-state index contributed by atoms with van der Waals surface area (Å²) in [5, 5.41) is 0. The van der Waals surface area contributed by atoms with Crippen molar-refractivity contribution in [2.75, 3.05) is 0 Å². The molecule has 2 nitrogen and oxygen atoms in total. The number of aldehydes is 1. The van der Waals surface area contributed by atoms with Crippen molar-refractivity contribution in [1.29, 1.82) is 0 Å². The molecule has 0 aromatic carbocycles. The third-order valence-electron chi connectivity index (χ3n) is 0.559. The fraction of sp³-hybridized carbons (Fsp3) is 0.200. The van der Waals surface area contributed by atoms with Crippen LogP contribution in [0.4, 0.5) is 0 Å². The normalized spacial score (nSPS) is 10.7. The molecule has 0 aliphatic heterocycles. The molecule has 0 N–H and O–H groups in total. The lowest BCUT2D eigenvalue weighted by Crippen LogP contribution is -1.66. The highest BCUT2D eigenvalue weighted by Crippen LogP contribution is 1.86. The van der Waals surface area contributed by atoms with E-state index in [9.17, 15) is 4.79 Å². The number of carbonyl (C=O) groups is 1. The maximum Gasteiger partial charge on any atom is 0.144 e. The van der Waals surface area contributed by atoms with E-state index in [0.717, 1.165) is 0 Å². The fourth-order valence-corrected chi connectivity index (χ4v) is 0.151. The summed E-state index contributed by atoms with van der Waals surface area (Å²) in [5.74, 6) is 0. The zero-order valence-electron chi connectivity index (χ0n) is 4.22. The quantitative estimate of drug-likeness (QED) is 0.284. The molecule has 0 aliphatic carbocycles. The number of hydrogen-bond donors (Lipinski definition) is 0. The van der Waals surface area contributed by atoms with Gasteiger partial charge in [-0.3, -0.25) is 9.79 Å². The number of aliphatic imine (C=N–C) groups is 1. The Morgan fingerprint density at radius 1 is 1.86 bits per heavy atom. The van der Waals surface area contributed by atoms with Gasteiger partial charge in [0, 0.05) is 5.70 Å². The highest BCUT2D eigenvalue weighted by molar-refractivity contribution is 5.66. The second-order valence-electron chi connectivity index (χ2n) is 1.10. The lowest BCUT2D eigenvalue weighted by atomic mass is 10.5. The number of allylic oxidation sites excluding steroid dienone is 2. The molecule has 0 amide bonds. The molecule has 0 aromatic rings. The first-order valence-electron chi connectivity index (χ1n) is 1.90. The van der Waals surface area contributed by atoms with Gasteiger partial charge in [0.15, 0.2) is 0 Å².